The van der Waals surface area contributed by atoms with Gasteiger partial charge in [-0.1, -0.05) is 16.9 Å². The van der Waals surface area contributed by atoms with Crippen LogP contribution in [0.15, 0.2) is 32.5 Å². The van der Waals surface area contributed by atoms with E-state index in [0.29, 0.717) is 21.4 Å². The Morgan fingerprint density at radius 2 is 2.26 bits per heavy atom. The van der Waals surface area contributed by atoms with Crippen molar-refractivity contribution in [1.82, 2.24) is 24.6 Å². The molecule has 2 amide bonds. The van der Waals surface area contributed by atoms with Crippen molar-refractivity contribution < 1.29 is 24.7 Å². The summed E-state index contributed by atoms with van der Waals surface area (Å²) in [4.78, 5) is 46.2. The van der Waals surface area contributed by atoms with Crippen LogP contribution in [0.25, 0.3) is 0 Å². The molecule has 0 aromatic carbocycles. The van der Waals surface area contributed by atoms with E-state index in [9.17, 15) is 24.7 Å². The van der Waals surface area contributed by atoms with Crippen molar-refractivity contribution in [2.45, 2.75) is 15.8 Å². The van der Waals surface area contributed by atoms with Crippen molar-refractivity contribution in [3.63, 3.8) is 0 Å². The van der Waals surface area contributed by atoms with E-state index in [1.807, 2.05) is 0 Å². The molecule has 2 aliphatic rings. The topological polar surface area (TPSA) is 184 Å². The molecule has 31 heavy (non-hydrogen) atoms. The standard InChI is InChI=1S/C15H13N7O5S4/c16-14-19-6(3-29-14)7(21-27)10(23)20-8-11(24)22-9(13(25)26)5(1-28-12(8)22)2-30-15-17-4-18-31-15/h3-4,8,12,27H,1-2H2,(H2,16,19)(H,20,23)(H,25,26)/b21-7+. The number of nitrogens with zero attached hydrogens (tertiary/aromatic N) is 5. The third-order valence-electron chi connectivity index (χ3n) is 4.33. The van der Waals surface area contributed by atoms with Crippen LogP contribution in [0.5, 0.6) is 0 Å². The van der Waals surface area contributed by atoms with Crippen LogP contribution >= 0.6 is 46.4 Å². The molecule has 2 aromatic rings. The first kappa shape index (κ1) is 21.5. The number of carbonyl (C=O) groups is 3. The van der Waals surface area contributed by atoms with E-state index in [1.54, 1.807) is 0 Å². The number of carbonyl (C=O) groups excluding carboxylic acids is 2. The van der Waals surface area contributed by atoms with E-state index in [1.165, 1.54) is 51.7 Å². The number of hydrogen-bond acceptors (Lipinski definition) is 13. The summed E-state index contributed by atoms with van der Waals surface area (Å²) >= 11 is 4.95. The Morgan fingerprint density at radius 3 is 2.87 bits per heavy atom. The maximum absolute atomic E-state index is 12.7. The predicted molar refractivity (Wildman–Crippen MR) is 115 cm³/mol. The molecule has 4 rings (SSSR count). The summed E-state index contributed by atoms with van der Waals surface area (Å²) in [6.07, 6.45) is 1.42. The lowest BCUT2D eigenvalue weighted by atomic mass is 10.0. The van der Waals surface area contributed by atoms with Crippen molar-refractivity contribution in [3.8, 4) is 0 Å². The number of nitrogen functional groups attached to an aromatic ring is 1. The molecule has 4 heterocycles. The zero-order valence-corrected chi connectivity index (χ0v) is 18.6. The second-order valence-electron chi connectivity index (χ2n) is 6.13. The average molecular weight is 500 g/mol. The van der Waals surface area contributed by atoms with Gasteiger partial charge in [-0.15, -0.1) is 23.1 Å². The minimum Gasteiger partial charge on any atom is -0.477 e. The Hall–Kier alpha value is -2.69. The molecule has 12 nitrogen and oxygen atoms in total. The van der Waals surface area contributed by atoms with Gasteiger partial charge in [0.05, 0.1) is 0 Å². The zero-order valence-electron chi connectivity index (χ0n) is 15.3. The molecule has 2 aliphatic heterocycles. The first-order valence-corrected chi connectivity index (χ1v) is 12.1. The number of β-lactam (4-membered cyclic amide) rings is 1. The quantitative estimate of drug-likeness (QED) is 0.135. The molecule has 16 heteroatoms. The van der Waals surface area contributed by atoms with Gasteiger partial charge in [0.2, 0.25) is 0 Å². The number of aliphatic carboxylic acids is 1. The number of carboxylic acids is 1. The number of rotatable bonds is 7. The molecule has 1 fully saturated rings. The number of hydrogen-bond donors (Lipinski definition) is 4. The molecule has 5 N–H and O–H groups in total. The van der Waals surface area contributed by atoms with Crippen molar-refractivity contribution >= 4 is 75.0 Å². The number of thiazole rings is 1. The van der Waals surface area contributed by atoms with Crippen molar-refractivity contribution in [3.05, 3.63) is 28.7 Å². The highest BCUT2D eigenvalue weighted by atomic mass is 32.2. The first-order valence-electron chi connectivity index (χ1n) is 8.44. The van der Waals surface area contributed by atoms with E-state index in [4.69, 9.17) is 5.73 Å². The Morgan fingerprint density at radius 1 is 1.45 bits per heavy atom. The average Bonchev–Trinajstić information content (AvgIpc) is 3.42. The van der Waals surface area contributed by atoms with Crippen LogP contribution in [0.3, 0.4) is 0 Å². The highest BCUT2D eigenvalue weighted by Gasteiger charge is 2.54. The van der Waals surface area contributed by atoms with Crippen molar-refractivity contribution in [2.75, 3.05) is 17.2 Å². The van der Waals surface area contributed by atoms with E-state index >= 15 is 0 Å². The van der Waals surface area contributed by atoms with Crippen LogP contribution < -0.4 is 11.1 Å². The van der Waals surface area contributed by atoms with E-state index in [2.05, 4.69) is 24.8 Å². The SMILES string of the molecule is Nc1nc(/C(=N\O)C(=O)NC2C(=O)N3C(C(=O)O)=C(CSc4ncns4)CSC23)cs1. The normalized spacial score (nSPS) is 21.0. The van der Waals surface area contributed by atoms with Gasteiger partial charge in [-0.3, -0.25) is 14.5 Å². The van der Waals surface area contributed by atoms with Gasteiger partial charge in [0.15, 0.2) is 15.2 Å². The monoisotopic (exact) mass is 499 g/mol. The second kappa shape index (κ2) is 8.81. The molecule has 162 valence electrons. The van der Waals surface area contributed by atoms with Gasteiger partial charge in [0.25, 0.3) is 11.8 Å². The fraction of sp³-hybridized carbons (Fsp3) is 0.267. The van der Waals surface area contributed by atoms with E-state index in [-0.39, 0.29) is 22.2 Å². The summed E-state index contributed by atoms with van der Waals surface area (Å²) in [5.41, 5.74) is 5.73. The molecule has 1 saturated heterocycles. The lowest BCUT2D eigenvalue weighted by Crippen LogP contribution is -2.71. The van der Waals surface area contributed by atoms with Gasteiger partial charge in [0, 0.05) is 16.9 Å². The zero-order chi connectivity index (χ0) is 22.1. The number of aromatic nitrogens is 3. The van der Waals surface area contributed by atoms with Crippen LogP contribution in [0.2, 0.25) is 0 Å². The Labute approximate surface area is 190 Å². The summed E-state index contributed by atoms with van der Waals surface area (Å²) in [5.74, 6) is -1.87. The summed E-state index contributed by atoms with van der Waals surface area (Å²) in [7, 11) is 0. The molecule has 0 radical (unpaired) electrons. The number of fused-ring (bicyclic) bond motifs is 1. The minimum atomic E-state index is -1.22. The molecule has 0 aliphatic carbocycles. The summed E-state index contributed by atoms with van der Waals surface area (Å²) in [6.45, 7) is 0. The molecule has 0 saturated carbocycles. The number of nitrogens with one attached hydrogen (secondary N) is 1. The van der Waals surface area contributed by atoms with Crippen LogP contribution in [-0.2, 0) is 14.4 Å². The molecule has 2 unspecified atom stereocenters. The largest absolute Gasteiger partial charge is 0.477 e. The third kappa shape index (κ3) is 4.10. The number of thioether (sulfide) groups is 2. The van der Waals surface area contributed by atoms with Gasteiger partial charge in [-0.05, 0) is 17.1 Å². The minimum absolute atomic E-state index is 0.0736. The second-order valence-corrected chi connectivity index (χ2v) is 10.1. The Bertz CT molecular complexity index is 1100. The fourth-order valence-electron chi connectivity index (χ4n) is 2.99. The Balaban J connectivity index is 1.48. The first-order chi connectivity index (χ1) is 14.9. The Kier molecular flexibility index (Phi) is 6.12. The van der Waals surface area contributed by atoms with Gasteiger partial charge >= 0.3 is 5.97 Å². The van der Waals surface area contributed by atoms with E-state index in [0.717, 1.165) is 11.3 Å². The number of carboxylic acid groups (broad SMARTS) is 1. The summed E-state index contributed by atoms with van der Waals surface area (Å²) in [5, 5.41) is 25.4. The lowest BCUT2D eigenvalue weighted by Gasteiger charge is -2.49. The summed E-state index contributed by atoms with van der Waals surface area (Å²) in [6, 6.07) is -0.961. The van der Waals surface area contributed by atoms with Crippen LogP contribution in [0.4, 0.5) is 5.13 Å². The predicted octanol–water partition coefficient (Wildman–Crippen LogP) is 0.286. The maximum atomic E-state index is 12.7. The van der Waals surface area contributed by atoms with E-state index < -0.39 is 29.2 Å². The number of nitrogens with two attached hydrogens (primary N) is 1. The molecular formula is C15H13N7O5S4. The molecular weight excluding hydrogens is 486 g/mol. The molecule has 0 spiro atoms. The van der Waals surface area contributed by atoms with Gasteiger partial charge in [0.1, 0.15) is 29.1 Å². The van der Waals surface area contributed by atoms with Gasteiger partial charge in [-0.2, -0.15) is 4.37 Å². The van der Waals surface area contributed by atoms with Crippen molar-refractivity contribution in [1.29, 1.82) is 0 Å². The fourth-order valence-corrected chi connectivity index (χ4v) is 6.47. The number of amides is 2. The van der Waals surface area contributed by atoms with Crippen LogP contribution in [-0.4, -0.2) is 76.0 Å². The van der Waals surface area contributed by atoms with Crippen LogP contribution in [0.1, 0.15) is 5.69 Å². The molecule has 0 bridgehead atoms. The highest BCUT2D eigenvalue weighted by Crippen LogP contribution is 2.41. The van der Waals surface area contributed by atoms with Gasteiger partial charge in [-0.25, -0.2) is 14.8 Å². The summed E-state index contributed by atoms with van der Waals surface area (Å²) < 4.78 is 4.60. The highest BCUT2D eigenvalue weighted by molar-refractivity contribution is 8.01. The molecule has 2 atom stereocenters. The van der Waals surface area contributed by atoms with Gasteiger partial charge < -0.3 is 21.4 Å². The van der Waals surface area contributed by atoms with Crippen LogP contribution in [0, 0.1) is 0 Å². The smallest absolute Gasteiger partial charge is 0.352 e. The third-order valence-corrected chi connectivity index (χ3v) is 8.22. The maximum Gasteiger partial charge on any atom is 0.352 e. The number of oxime groups is 1. The number of anilines is 1. The molecule has 2 aromatic heterocycles. The van der Waals surface area contributed by atoms with Crippen molar-refractivity contribution in [2.24, 2.45) is 5.16 Å². The lowest BCUT2D eigenvalue weighted by molar-refractivity contribution is -0.150.